The summed E-state index contributed by atoms with van der Waals surface area (Å²) in [5.41, 5.74) is 8.99. The van der Waals surface area contributed by atoms with Crippen LogP contribution in [0.1, 0.15) is 16.7 Å². The van der Waals surface area contributed by atoms with E-state index in [1.54, 1.807) is 0 Å². The van der Waals surface area contributed by atoms with Crippen LogP contribution < -0.4 is 10.5 Å². The highest BCUT2D eigenvalue weighted by molar-refractivity contribution is 6.32. The fourth-order valence-corrected chi connectivity index (χ4v) is 2.23. The molecule has 2 nitrogen and oxygen atoms in total. The van der Waals surface area contributed by atoms with Gasteiger partial charge in [-0.15, -0.1) is 0 Å². The van der Waals surface area contributed by atoms with Crippen molar-refractivity contribution >= 4 is 11.6 Å². The first kappa shape index (κ1) is 13.9. The third-order valence-corrected chi connectivity index (χ3v) is 3.28. The van der Waals surface area contributed by atoms with Crippen LogP contribution in [0.2, 0.25) is 5.02 Å². The summed E-state index contributed by atoms with van der Waals surface area (Å²) in [5.74, 6) is 1.51. The van der Waals surface area contributed by atoms with Gasteiger partial charge in [-0.2, -0.15) is 0 Å². The number of nitrogens with two attached hydrogens (primary N) is 1. The molecule has 0 aliphatic heterocycles. The first-order valence-corrected chi connectivity index (χ1v) is 6.71. The maximum atomic E-state index is 6.17. The standard InChI is InChI=1S/C16H18ClNO/c1-11-3-5-16(14(17)9-11)19-15-6-4-13(7-8-18)10-12(15)2/h3-6,9-10H,7-8,18H2,1-2H3. The highest BCUT2D eigenvalue weighted by Crippen LogP contribution is 2.32. The predicted octanol–water partition coefficient (Wildman–Crippen LogP) is 4.25. The Morgan fingerprint density at radius 2 is 1.79 bits per heavy atom. The number of hydrogen-bond donors (Lipinski definition) is 1. The van der Waals surface area contributed by atoms with E-state index in [2.05, 4.69) is 6.07 Å². The van der Waals surface area contributed by atoms with Gasteiger partial charge in [0.2, 0.25) is 0 Å². The van der Waals surface area contributed by atoms with E-state index in [1.807, 2.05) is 44.2 Å². The summed E-state index contributed by atoms with van der Waals surface area (Å²) in [4.78, 5) is 0. The third kappa shape index (κ3) is 3.49. The van der Waals surface area contributed by atoms with Crippen molar-refractivity contribution in [3.8, 4) is 11.5 Å². The van der Waals surface area contributed by atoms with Crippen LogP contribution in [0.5, 0.6) is 11.5 Å². The van der Waals surface area contributed by atoms with Gasteiger partial charge >= 0.3 is 0 Å². The molecular weight excluding hydrogens is 258 g/mol. The number of hydrogen-bond acceptors (Lipinski definition) is 2. The largest absolute Gasteiger partial charge is 0.456 e. The van der Waals surface area contributed by atoms with Crippen LogP contribution in [-0.2, 0) is 6.42 Å². The summed E-state index contributed by atoms with van der Waals surface area (Å²) in [6.45, 7) is 4.68. The van der Waals surface area contributed by atoms with Gasteiger partial charge in [0.05, 0.1) is 5.02 Å². The summed E-state index contributed by atoms with van der Waals surface area (Å²) in [7, 11) is 0. The Labute approximate surface area is 119 Å². The molecule has 0 unspecified atom stereocenters. The average molecular weight is 276 g/mol. The first-order chi connectivity index (χ1) is 9.10. The van der Waals surface area contributed by atoms with Gasteiger partial charge in [0.25, 0.3) is 0 Å². The molecule has 0 aromatic heterocycles. The minimum Gasteiger partial charge on any atom is -0.456 e. The predicted molar refractivity (Wildman–Crippen MR) is 80.2 cm³/mol. The minimum absolute atomic E-state index is 0.630. The fraction of sp³-hybridized carbons (Fsp3) is 0.250. The second kappa shape index (κ2) is 6.09. The molecule has 19 heavy (non-hydrogen) atoms. The summed E-state index contributed by atoms with van der Waals surface area (Å²) in [6.07, 6.45) is 0.881. The average Bonchev–Trinajstić information content (AvgIpc) is 2.36. The molecule has 0 aliphatic carbocycles. The van der Waals surface area contributed by atoms with E-state index in [1.165, 1.54) is 5.56 Å². The second-order valence-electron chi connectivity index (χ2n) is 4.67. The van der Waals surface area contributed by atoms with E-state index in [0.717, 1.165) is 23.3 Å². The zero-order valence-corrected chi connectivity index (χ0v) is 12.0. The molecule has 2 aromatic carbocycles. The summed E-state index contributed by atoms with van der Waals surface area (Å²) >= 11 is 6.17. The van der Waals surface area contributed by atoms with Crippen LogP contribution in [0.3, 0.4) is 0 Å². The van der Waals surface area contributed by atoms with Crippen molar-refractivity contribution in [2.75, 3.05) is 6.54 Å². The van der Waals surface area contributed by atoms with E-state index >= 15 is 0 Å². The Morgan fingerprint density at radius 3 is 2.42 bits per heavy atom. The molecule has 2 rings (SSSR count). The summed E-state index contributed by atoms with van der Waals surface area (Å²) in [6, 6.07) is 11.9. The lowest BCUT2D eigenvalue weighted by atomic mass is 10.1. The lowest BCUT2D eigenvalue weighted by molar-refractivity contribution is 0.479. The van der Waals surface area contributed by atoms with Crippen LogP contribution in [0.15, 0.2) is 36.4 Å². The molecule has 2 N–H and O–H groups in total. The Kier molecular flexibility index (Phi) is 4.46. The van der Waals surface area contributed by atoms with E-state index in [-0.39, 0.29) is 0 Å². The molecule has 100 valence electrons. The molecule has 3 heteroatoms. The molecule has 0 spiro atoms. The lowest BCUT2D eigenvalue weighted by Crippen LogP contribution is -2.02. The molecule has 0 radical (unpaired) electrons. The highest BCUT2D eigenvalue weighted by atomic mass is 35.5. The Balaban J connectivity index is 2.23. The SMILES string of the molecule is Cc1ccc(Oc2ccc(CCN)cc2C)c(Cl)c1. The van der Waals surface area contributed by atoms with Gasteiger partial charge in [-0.3, -0.25) is 0 Å². The van der Waals surface area contributed by atoms with Crippen molar-refractivity contribution in [1.29, 1.82) is 0 Å². The zero-order chi connectivity index (χ0) is 13.8. The lowest BCUT2D eigenvalue weighted by Gasteiger charge is -2.11. The molecule has 0 heterocycles. The van der Waals surface area contributed by atoms with Crippen molar-refractivity contribution in [3.63, 3.8) is 0 Å². The van der Waals surface area contributed by atoms with E-state index in [0.29, 0.717) is 17.3 Å². The molecule has 0 saturated heterocycles. The molecule has 0 fully saturated rings. The van der Waals surface area contributed by atoms with E-state index in [9.17, 15) is 0 Å². The van der Waals surface area contributed by atoms with Crippen LogP contribution in [-0.4, -0.2) is 6.54 Å². The van der Waals surface area contributed by atoms with Crippen molar-refractivity contribution in [3.05, 3.63) is 58.1 Å². The van der Waals surface area contributed by atoms with Gasteiger partial charge in [0.1, 0.15) is 11.5 Å². The topological polar surface area (TPSA) is 35.2 Å². The van der Waals surface area contributed by atoms with Crippen LogP contribution in [0, 0.1) is 13.8 Å². The molecule has 0 bridgehead atoms. The number of halogens is 1. The van der Waals surface area contributed by atoms with Crippen LogP contribution in [0.25, 0.3) is 0 Å². The van der Waals surface area contributed by atoms with Crippen molar-refractivity contribution in [2.45, 2.75) is 20.3 Å². The number of benzene rings is 2. The molecule has 0 saturated carbocycles. The quantitative estimate of drug-likeness (QED) is 0.905. The second-order valence-corrected chi connectivity index (χ2v) is 5.08. The maximum Gasteiger partial charge on any atom is 0.146 e. The van der Waals surface area contributed by atoms with Gasteiger partial charge in [0.15, 0.2) is 0 Å². The van der Waals surface area contributed by atoms with Gasteiger partial charge in [0, 0.05) is 0 Å². The molecule has 0 amide bonds. The van der Waals surface area contributed by atoms with Crippen molar-refractivity contribution in [2.24, 2.45) is 5.73 Å². The van der Waals surface area contributed by atoms with Gasteiger partial charge < -0.3 is 10.5 Å². The number of aryl methyl sites for hydroxylation is 2. The smallest absolute Gasteiger partial charge is 0.146 e. The molecule has 0 atom stereocenters. The van der Waals surface area contributed by atoms with Gasteiger partial charge in [-0.05, 0) is 61.7 Å². The zero-order valence-electron chi connectivity index (χ0n) is 11.2. The van der Waals surface area contributed by atoms with Crippen LogP contribution >= 0.6 is 11.6 Å². The number of ether oxygens (including phenoxy) is 1. The normalized spacial score (nSPS) is 10.5. The minimum atomic E-state index is 0.630. The fourth-order valence-electron chi connectivity index (χ4n) is 1.96. The monoisotopic (exact) mass is 275 g/mol. The molecule has 2 aromatic rings. The maximum absolute atomic E-state index is 6.17. The Hall–Kier alpha value is -1.51. The molecule has 0 aliphatic rings. The summed E-state index contributed by atoms with van der Waals surface area (Å²) < 4.78 is 5.86. The number of rotatable bonds is 4. The van der Waals surface area contributed by atoms with Crippen LogP contribution in [0.4, 0.5) is 0 Å². The third-order valence-electron chi connectivity index (χ3n) is 2.98. The van der Waals surface area contributed by atoms with E-state index in [4.69, 9.17) is 22.1 Å². The van der Waals surface area contributed by atoms with Gasteiger partial charge in [-0.1, -0.05) is 29.8 Å². The van der Waals surface area contributed by atoms with Gasteiger partial charge in [-0.25, -0.2) is 0 Å². The van der Waals surface area contributed by atoms with Crippen molar-refractivity contribution < 1.29 is 4.74 Å². The highest BCUT2D eigenvalue weighted by Gasteiger charge is 2.06. The Bertz CT molecular complexity index is 581. The van der Waals surface area contributed by atoms with E-state index < -0.39 is 0 Å². The summed E-state index contributed by atoms with van der Waals surface area (Å²) in [5, 5.41) is 0.630. The molecular formula is C16H18ClNO. The Morgan fingerprint density at radius 1 is 1.05 bits per heavy atom. The first-order valence-electron chi connectivity index (χ1n) is 6.34. The van der Waals surface area contributed by atoms with Crippen molar-refractivity contribution in [1.82, 2.24) is 0 Å².